The SMILES string of the molecule is CNC(=O)[C@@H](C)NC(=O)[C@H]1CCNC1. The maximum atomic E-state index is 11.5. The first kappa shape index (κ1) is 11.0. The highest BCUT2D eigenvalue weighted by atomic mass is 16.2. The Bertz CT molecular complexity index is 224. The molecule has 3 N–H and O–H groups in total. The van der Waals surface area contributed by atoms with Gasteiger partial charge in [0, 0.05) is 13.6 Å². The molecule has 1 rings (SSSR count). The number of rotatable bonds is 3. The molecule has 0 spiro atoms. The molecule has 5 heteroatoms. The summed E-state index contributed by atoms with van der Waals surface area (Å²) in [6, 6.07) is -0.451. The van der Waals surface area contributed by atoms with E-state index in [1.807, 2.05) is 0 Å². The average molecular weight is 199 g/mol. The van der Waals surface area contributed by atoms with Crippen LogP contribution in [-0.4, -0.2) is 38.0 Å². The zero-order chi connectivity index (χ0) is 10.6. The second-order valence-electron chi connectivity index (χ2n) is 3.53. The topological polar surface area (TPSA) is 70.2 Å². The Morgan fingerprint density at radius 3 is 2.71 bits per heavy atom. The number of likely N-dealkylation sites (N-methyl/N-ethyl adjacent to an activating group) is 1. The van der Waals surface area contributed by atoms with E-state index in [9.17, 15) is 9.59 Å². The Morgan fingerprint density at radius 2 is 2.21 bits per heavy atom. The Morgan fingerprint density at radius 1 is 1.50 bits per heavy atom. The maximum Gasteiger partial charge on any atom is 0.242 e. The standard InChI is InChI=1S/C9H17N3O2/c1-6(8(13)10-2)12-9(14)7-3-4-11-5-7/h6-7,11H,3-5H2,1-2H3,(H,10,13)(H,12,14)/t6-,7+/m1/s1. The van der Waals surface area contributed by atoms with Crippen LogP contribution in [0.3, 0.4) is 0 Å². The van der Waals surface area contributed by atoms with E-state index in [0.717, 1.165) is 13.0 Å². The molecule has 0 unspecified atom stereocenters. The van der Waals surface area contributed by atoms with E-state index in [0.29, 0.717) is 6.54 Å². The summed E-state index contributed by atoms with van der Waals surface area (Å²) in [5, 5.41) is 8.28. The van der Waals surface area contributed by atoms with Gasteiger partial charge in [-0.1, -0.05) is 0 Å². The van der Waals surface area contributed by atoms with E-state index in [-0.39, 0.29) is 17.7 Å². The molecule has 0 aliphatic carbocycles. The molecule has 2 amide bonds. The zero-order valence-corrected chi connectivity index (χ0v) is 8.59. The van der Waals surface area contributed by atoms with Crippen LogP contribution in [0, 0.1) is 5.92 Å². The van der Waals surface area contributed by atoms with Gasteiger partial charge in [-0.05, 0) is 19.9 Å². The fourth-order valence-electron chi connectivity index (χ4n) is 1.49. The van der Waals surface area contributed by atoms with Crippen molar-refractivity contribution in [2.75, 3.05) is 20.1 Å². The predicted molar refractivity (Wildman–Crippen MR) is 52.6 cm³/mol. The van der Waals surface area contributed by atoms with Crippen molar-refractivity contribution in [1.82, 2.24) is 16.0 Å². The summed E-state index contributed by atoms with van der Waals surface area (Å²) < 4.78 is 0. The molecule has 2 atom stereocenters. The second-order valence-corrected chi connectivity index (χ2v) is 3.53. The van der Waals surface area contributed by atoms with Crippen LogP contribution in [0.25, 0.3) is 0 Å². The summed E-state index contributed by atoms with van der Waals surface area (Å²) in [4.78, 5) is 22.7. The molecule has 0 aromatic carbocycles. The summed E-state index contributed by atoms with van der Waals surface area (Å²) in [5.41, 5.74) is 0. The molecule has 0 aromatic heterocycles. The van der Waals surface area contributed by atoms with Gasteiger partial charge in [0.2, 0.25) is 11.8 Å². The van der Waals surface area contributed by atoms with Crippen LogP contribution in [0.1, 0.15) is 13.3 Å². The van der Waals surface area contributed by atoms with Gasteiger partial charge >= 0.3 is 0 Å². The zero-order valence-electron chi connectivity index (χ0n) is 8.59. The van der Waals surface area contributed by atoms with Crippen molar-refractivity contribution in [3.05, 3.63) is 0 Å². The lowest BCUT2D eigenvalue weighted by molar-refractivity contribution is -0.130. The van der Waals surface area contributed by atoms with Crippen molar-refractivity contribution in [3.63, 3.8) is 0 Å². The van der Waals surface area contributed by atoms with Gasteiger partial charge in [-0.15, -0.1) is 0 Å². The number of hydrogen-bond acceptors (Lipinski definition) is 3. The van der Waals surface area contributed by atoms with Crippen molar-refractivity contribution in [2.45, 2.75) is 19.4 Å². The van der Waals surface area contributed by atoms with Crippen LogP contribution in [0.15, 0.2) is 0 Å². The van der Waals surface area contributed by atoms with E-state index in [2.05, 4.69) is 16.0 Å². The number of hydrogen-bond donors (Lipinski definition) is 3. The summed E-state index contributed by atoms with van der Waals surface area (Å²) in [6.07, 6.45) is 0.853. The predicted octanol–water partition coefficient (Wildman–Crippen LogP) is -1.15. The summed E-state index contributed by atoms with van der Waals surface area (Å²) >= 11 is 0. The molecular formula is C9H17N3O2. The van der Waals surface area contributed by atoms with Gasteiger partial charge in [0.1, 0.15) is 6.04 Å². The average Bonchev–Trinajstić information content (AvgIpc) is 2.69. The van der Waals surface area contributed by atoms with Gasteiger partial charge in [-0.2, -0.15) is 0 Å². The fourth-order valence-corrected chi connectivity index (χ4v) is 1.49. The van der Waals surface area contributed by atoms with E-state index in [1.165, 1.54) is 0 Å². The fraction of sp³-hybridized carbons (Fsp3) is 0.778. The lowest BCUT2D eigenvalue weighted by Crippen LogP contribution is -2.46. The molecule has 5 nitrogen and oxygen atoms in total. The van der Waals surface area contributed by atoms with Crippen molar-refractivity contribution >= 4 is 11.8 Å². The van der Waals surface area contributed by atoms with Crippen molar-refractivity contribution in [3.8, 4) is 0 Å². The summed E-state index contributed by atoms with van der Waals surface area (Å²) in [5.74, 6) is -0.183. The minimum absolute atomic E-state index is 0.0158. The van der Waals surface area contributed by atoms with E-state index in [4.69, 9.17) is 0 Å². The molecule has 1 aliphatic rings. The van der Waals surface area contributed by atoms with E-state index < -0.39 is 6.04 Å². The number of carbonyl (C=O) groups is 2. The van der Waals surface area contributed by atoms with Crippen LogP contribution < -0.4 is 16.0 Å². The maximum absolute atomic E-state index is 11.5. The summed E-state index contributed by atoms with van der Waals surface area (Å²) in [6.45, 7) is 3.28. The Balaban J connectivity index is 2.35. The molecule has 1 saturated heterocycles. The number of nitrogens with one attached hydrogen (secondary N) is 3. The second kappa shape index (κ2) is 4.95. The normalized spacial score (nSPS) is 22.9. The van der Waals surface area contributed by atoms with E-state index >= 15 is 0 Å². The lowest BCUT2D eigenvalue weighted by atomic mass is 10.1. The van der Waals surface area contributed by atoms with Crippen LogP contribution in [0.5, 0.6) is 0 Å². The van der Waals surface area contributed by atoms with Gasteiger partial charge < -0.3 is 16.0 Å². The van der Waals surface area contributed by atoms with Gasteiger partial charge in [0.25, 0.3) is 0 Å². The van der Waals surface area contributed by atoms with Crippen molar-refractivity contribution in [2.24, 2.45) is 5.92 Å². The van der Waals surface area contributed by atoms with Crippen molar-refractivity contribution in [1.29, 1.82) is 0 Å². The van der Waals surface area contributed by atoms with Gasteiger partial charge in [-0.3, -0.25) is 9.59 Å². The first-order valence-corrected chi connectivity index (χ1v) is 4.88. The third-order valence-electron chi connectivity index (χ3n) is 2.43. The molecule has 0 bridgehead atoms. The Kier molecular flexibility index (Phi) is 3.88. The first-order chi connectivity index (χ1) is 6.65. The lowest BCUT2D eigenvalue weighted by Gasteiger charge is -2.15. The summed E-state index contributed by atoms with van der Waals surface area (Å²) in [7, 11) is 1.56. The molecule has 0 saturated carbocycles. The minimum Gasteiger partial charge on any atom is -0.357 e. The van der Waals surface area contributed by atoms with Gasteiger partial charge in [-0.25, -0.2) is 0 Å². The molecule has 0 aromatic rings. The minimum atomic E-state index is -0.451. The highest BCUT2D eigenvalue weighted by Crippen LogP contribution is 2.07. The molecule has 1 aliphatic heterocycles. The van der Waals surface area contributed by atoms with Crippen LogP contribution in [0.2, 0.25) is 0 Å². The van der Waals surface area contributed by atoms with Gasteiger partial charge in [0.05, 0.1) is 5.92 Å². The van der Waals surface area contributed by atoms with Gasteiger partial charge in [0.15, 0.2) is 0 Å². The molecule has 14 heavy (non-hydrogen) atoms. The molecule has 1 heterocycles. The molecule has 0 radical (unpaired) electrons. The quantitative estimate of drug-likeness (QED) is 0.537. The monoisotopic (exact) mass is 199 g/mol. The van der Waals surface area contributed by atoms with Crippen LogP contribution in [-0.2, 0) is 9.59 Å². The largest absolute Gasteiger partial charge is 0.357 e. The van der Waals surface area contributed by atoms with Crippen LogP contribution >= 0.6 is 0 Å². The van der Waals surface area contributed by atoms with E-state index in [1.54, 1.807) is 14.0 Å². The third kappa shape index (κ3) is 2.70. The molecule has 1 fully saturated rings. The Labute approximate surface area is 83.6 Å². The highest BCUT2D eigenvalue weighted by molar-refractivity contribution is 5.88. The molecular weight excluding hydrogens is 182 g/mol. The smallest absolute Gasteiger partial charge is 0.242 e. The number of amides is 2. The number of carbonyl (C=O) groups excluding carboxylic acids is 2. The third-order valence-corrected chi connectivity index (χ3v) is 2.43. The molecule has 80 valence electrons. The highest BCUT2D eigenvalue weighted by Gasteiger charge is 2.24. The van der Waals surface area contributed by atoms with Crippen molar-refractivity contribution < 1.29 is 9.59 Å². The van der Waals surface area contributed by atoms with Crippen LogP contribution in [0.4, 0.5) is 0 Å². The Hall–Kier alpha value is -1.10. The first-order valence-electron chi connectivity index (χ1n) is 4.88.